The second-order valence-electron chi connectivity index (χ2n) is 9.05. The molecule has 0 amide bonds. The molecule has 1 aliphatic heterocycles. The Labute approximate surface area is 217 Å². The molecule has 0 radical (unpaired) electrons. The van der Waals surface area contributed by atoms with Gasteiger partial charge in [0.05, 0.1) is 18.6 Å². The topological polar surface area (TPSA) is 180 Å². The summed E-state index contributed by atoms with van der Waals surface area (Å²) in [6.07, 6.45) is -3.24. The van der Waals surface area contributed by atoms with Crippen LogP contribution in [0, 0.1) is 5.82 Å². The second kappa shape index (κ2) is 10.6. The number of nitrogen functional groups attached to an aromatic ring is 1. The number of aromatic nitrogens is 3. The number of aliphatic hydroxyl groups is 2. The Morgan fingerprint density at radius 1 is 1.32 bits per heavy atom. The van der Waals surface area contributed by atoms with Crippen molar-refractivity contribution in [1.82, 2.24) is 19.6 Å². The molecule has 4 rings (SSSR count). The number of nitrogens with zero attached hydrogens (tertiary/aromatic N) is 3. The molecule has 0 aliphatic carbocycles. The number of aliphatic hydroxyl groups excluding tert-OH is 1. The molecule has 15 heteroatoms. The number of nitrogens with two attached hydrogens (primary N) is 1. The van der Waals surface area contributed by atoms with Crippen LogP contribution in [0.1, 0.15) is 27.0 Å². The lowest BCUT2D eigenvalue weighted by molar-refractivity contribution is -0.142. The Kier molecular flexibility index (Phi) is 7.75. The van der Waals surface area contributed by atoms with Crippen molar-refractivity contribution in [2.75, 3.05) is 12.8 Å². The molecule has 3 aromatic rings. The molecular formula is C23H29FN5O8P. The summed E-state index contributed by atoms with van der Waals surface area (Å²) in [4.78, 5) is 19.8. The molecule has 3 heterocycles. The number of ether oxygens (including phenoxy) is 2. The summed E-state index contributed by atoms with van der Waals surface area (Å²) in [6.45, 7) is 4.13. The molecule has 0 bridgehead atoms. The number of nitrogens with one attached hydrogen (secondary N) is 1. The highest BCUT2D eigenvalue weighted by atomic mass is 31.2. The third-order valence-corrected chi connectivity index (χ3v) is 7.95. The fraction of sp³-hybridized carbons (Fsp3) is 0.435. The van der Waals surface area contributed by atoms with E-state index in [1.54, 1.807) is 18.2 Å². The van der Waals surface area contributed by atoms with E-state index in [1.807, 2.05) is 0 Å². The van der Waals surface area contributed by atoms with Crippen molar-refractivity contribution in [1.29, 1.82) is 0 Å². The van der Waals surface area contributed by atoms with Crippen LogP contribution in [0.4, 0.5) is 10.2 Å². The minimum Gasteiger partial charge on any atom is -0.468 e. The second-order valence-corrected chi connectivity index (χ2v) is 10.7. The number of benzene rings is 1. The highest BCUT2D eigenvalue weighted by molar-refractivity contribution is 7.52. The molecule has 0 saturated carbocycles. The molecule has 7 atom stereocenters. The van der Waals surface area contributed by atoms with Crippen molar-refractivity contribution in [2.45, 2.75) is 57.0 Å². The zero-order chi connectivity index (χ0) is 27.8. The van der Waals surface area contributed by atoms with Crippen molar-refractivity contribution in [3.05, 3.63) is 48.7 Å². The average molecular weight is 553 g/mol. The van der Waals surface area contributed by atoms with Crippen LogP contribution in [0.2, 0.25) is 0 Å². The van der Waals surface area contributed by atoms with Gasteiger partial charge in [-0.25, -0.2) is 18.9 Å². The van der Waals surface area contributed by atoms with Gasteiger partial charge in [-0.2, -0.15) is 5.09 Å². The fourth-order valence-corrected chi connectivity index (χ4v) is 5.93. The van der Waals surface area contributed by atoms with Crippen molar-refractivity contribution >= 4 is 30.6 Å². The van der Waals surface area contributed by atoms with E-state index in [0.29, 0.717) is 0 Å². The lowest BCUT2D eigenvalue weighted by atomic mass is 9.94. The van der Waals surface area contributed by atoms with Crippen molar-refractivity contribution in [3.63, 3.8) is 0 Å². The number of rotatable bonds is 9. The minimum absolute atomic E-state index is 0.0355. The van der Waals surface area contributed by atoms with E-state index in [4.69, 9.17) is 19.5 Å². The van der Waals surface area contributed by atoms with E-state index in [2.05, 4.69) is 19.8 Å². The number of carbonyl (C=O) groups excluding carboxylic acids is 1. The van der Waals surface area contributed by atoms with Crippen molar-refractivity contribution in [3.8, 4) is 5.75 Å². The summed E-state index contributed by atoms with van der Waals surface area (Å²) in [5, 5.41) is 24.6. The van der Waals surface area contributed by atoms with Crippen molar-refractivity contribution < 1.29 is 42.5 Å². The first-order valence-electron chi connectivity index (χ1n) is 11.6. The lowest BCUT2D eigenvalue weighted by Gasteiger charge is -2.29. The van der Waals surface area contributed by atoms with E-state index >= 15 is 0 Å². The van der Waals surface area contributed by atoms with E-state index in [9.17, 15) is 24.0 Å². The maximum atomic E-state index is 14.7. The predicted molar refractivity (Wildman–Crippen MR) is 132 cm³/mol. The van der Waals surface area contributed by atoms with Gasteiger partial charge in [0.15, 0.2) is 17.7 Å². The molecule has 7 unspecified atom stereocenters. The van der Waals surface area contributed by atoms with Crippen LogP contribution in [0.25, 0.3) is 11.0 Å². The molecule has 13 nitrogen and oxygen atoms in total. The quantitative estimate of drug-likeness (QED) is 0.224. The first-order valence-corrected chi connectivity index (χ1v) is 13.1. The van der Waals surface area contributed by atoms with Crippen molar-refractivity contribution in [2.24, 2.45) is 0 Å². The SMILES string of the molecule is COC(=O)C(C)NP(=O)(Oc1ccccc1)OC(C)C1OC(n2cc(F)c3c(N)ncnc32)C(C)(O)C1O. The summed E-state index contributed by atoms with van der Waals surface area (Å²) >= 11 is 0. The number of methoxy groups -OCH3 is 1. The Morgan fingerprint density at radius 3 is 2.66 bits per heavy atom. The van der Waals surface area contributed by atoms with Gasteiger partial charge in [0.1, 0.15) is 41.7 Å². The van der Waals surface area contributed by atoms with Gasteiger partial charge in [-0.3, -0.25) is 13.9 Å². The van der Waals surface area contributed by atoms with Crippen LogP contribution in [0.15, 0.2) is 42.9 Å². The largest absolute Gasteiger partial charge is 0.468 e. The maximum absolute atomic E-state index is 14.7. The Bertz CT molecular complexity index is 1360. The molecule has 38 heavy (non-hydrogen) atoms. The summed E-state index contributed by atoms with van der Waals surface area (Å²) in [5.41, 5.74) is 3.84. The molecule has 5 N–H and O–H groups in total. The molecule has 0 spiro atoms. The summed E-state index contributed by atoms with van der Waals surface area (Å²) in [7, 11) is -3.13. The van der Waals surface area contributed by atoms with Crippen LogP contribution < -0.4 is 15.3 Å². The molecule has 206 valence electrons. The van der Waals surface area contributed by atoms with E-state index < -0.39 is 55.7 Å². The van der Waals surface area contributed by atoms with Crippen LogP contribution in [-0.2, 0) is 23.4 Å². The van der Waals surface area contributed by atoms with E-state index in [1.165, 1.54) is 44.6 Å². The highest BCUT2D eigenvalue weighted by Gasteiger charge is 2.56. The van der Waals surface area contributed by atoms with Gasteiger partial charge >= 0.3 is 13.7 Å². The van der Waals surface area contributed by atoms with Gasteiger partial charge in [0.2, 0.25) is 0 Å². The van der Waals surface area contributed by atoms with Gasteiger partial charge in [0.25, 0.3) is 0 Å². The Balaban J connectivity index is 1.62. The molecule has 1 fully saturated rings. The van der Waals surface area contributed by atoms with E-state index in [-0.39, 0.29) is 22.6 Å². The van der Waals surface area contributed by atoms with Gasteiger partial charge in [-0.05, 0) is 32.9 Å². The molecule has 1 aliphatic rings. The van der Waals surface area contributed by atoms with Crippen LogP contribution >= 0.6 is 7.75 Å². The van der Waals surface area contributed by atoms with Crippen LogP contribution in [0.5, 0.6) is 5.75 Å². The smallest absolute Gasteiger partial charge is 0.459 e. The lowest BCUT2D eigenvalue weighted by Crippen LogP contribution is -2.46. The number of esters is 1. The number of halogens is 1. The monoisotopic (exact) mass is 553 g/mol. The third kappa shape index (κ3) is 5.23. The van der Waals surface area contributed by atoms with Gasteiger partial charge in [-0.15, -0.1) is 0 Å². The number of carbonyl (C=O) groups is 1. The van der Waals surface area contributed by atoms with Gasteiger partial charge < -0.3 is 29.9 Å². The fourth-order valence-electron chi connectivity index (χ4n) is 4.24. The first-order chi connectivity index (χ1) is 17.9. The summed E-state index contributed by atoms with van der Waals surface area (Å²) < 4.78 is 51.6. The molecular weight excluding hydrogens is 524 g/mol. The highest BCUT2D eigenvalue weighted by Crippen LogP contribution is 2.49. The molecule has 1 saturated heterocycles. The zero-order valence-electron chi connectivity index (χ0n) is 21.0. The minimum atomic E-state index is -4.30. The Hall–Kier alpha value is -3.13. The number of hydrogen-bond donors (Lipinski definition) is 4. The maximum Gasteiger partial charge on any atom is 0.459 e. The number of fused-ring (bicyclic) bond motifs is 1. The normalized spacial score (nSPS) is 26.6. The number of hydrogen-bond acceptors (Lipinski definition) is 11. The first kappa shape index (κ1) is 27.9. The summed E-state index contributed by atoms with van der Waals surface area (Å²) in [6, 6.07) is 7.00. The average Bonchev–Trinajstić information content (AvgIpc) is 3.32. The van der Waals surface area contributed by atoms with Gasteiger partial charge in [0, 0.05) is 6.20 Å². The predicted octanol–water partition coefficient (Wildman–Crippen LogP) is 1.91. The zero-order valence-corrected chi connectivity index (χ0v) is 21.9. The summed E-state index contributed by atoms with van der Waals surface area (Å²) in [5.74, 6) is -1.40. The van der Waals surface area contributed by atoms with Gasteiger partial charge in [-0.1, -0.05) is 18.2 Å². The molecule has 2 aromatic heterocycles. The van der Waals surface area contributed by atoms with Crippen LogP contribution in [0.3, 0.4) is 0 Å². The molecule has 1 aromatic carbocycles. The number of para-hydroxylation sites is 1. The third-order valence-electron chi connectivity index (χ3n) is 6.18. The Morgan fingerprint density at radius 2 is 2.00 bits per heavy atom. The van der Waals surface area contributed by atoms with E-state index in [0.717, 1.165) is 12.5 Å². The number of anilines is 1. The van der Waals surface area contributed by atoms with Crippen LogP contribution in [-0.4, -0.2) is 67.8 Å². The standard InChI is InChI=1S/C23H29FN5O8P/c1-12(21(31)34-4)28-38(33,37-14-8-6-5-7-9-14)36-13(2)17-18(30)23(3,32)22(35-17)29-10-15(24)16-19(25)26-11-27-20(16)29/h5-13,17-18,22,30,32H,1-4H3,(H,28,33)(H2,25,26,27).